The Morgan fingerprint density at radius 3 is 2.26 bits per heavy atom. The first-order valence-corrected chi connectivity index (χ1v) is 8.14. The first-order valence-electron chi connectivity index (χ1n) is 8.14. The zero-order valence-electron chi connectivity index (χ0n) is 13.2. The topological polar surface area (TPSA) is 41.6 Å². The summed E-state index contributed by atoms with van der Waals surface area (Å²) in [5.74, 6) is 0.609. The van der Waals surface area contributed by atoms with Crippen molar-refractivity contribution in [2.24, 2.45) is 0 Å². The van der Waals surface area contributed by atoms with Crippen LogP contribution in [0.15, 0.2) is 54.6 Å². The maximum atomic E-state index is 11.9. The molecule has 23 heavy (non-hydrogen) atoms. The molecular formula is C19H22N2O2. The van der Waals surface area contributed by atoms with E-state index in [0.29, 0.717) is 5.75 Å². The Bertz CT molecular complexity index is 620. The monoisotopic (exact) mass is 310 g/mol. The van der Waals surface area contributed by atoms with Crippen LogP contribution in [0.4, 0.5) is 0 Å². The molecule has 0 spiro atoms. The highest BCUT2D eigenvalue weighted by Crippen LogP contribution is 2.21. The van der Waals surface area contributed by atoms with Crippen LogP contribution < -0.4 is 10.2 Å². The number of hydrogen-bond donors (Lipinski definition) is 1. The molecule has 0 aromatic heterocycles. The lowest BCUT2D eigenvalue weighted by atomic mass is 10.1. The summed E-state index contributed by atoms with van der Waals surface area (Å²) in [7, 11) is 0. The van der Waals surface area contributed by atoms with E-state index < -0.39 is 0 Å². The summed E-state index contributed by atoms with van der Waals surface area (Å²) in [6, 6.07) is 18.0. The number of benzene rings is 2. The molecule has 0 aliphatic carbocycles. The predicted molar refractivity (Wildman–Crippen MR) is 90.9 cm³/mol. The lowest BCUT2D eigenvalue weighted by Crippen LogP contribution is -2.46. The minimum atomic E-state index is -0.0981. The Morgan fingerprint density at radius 1 is 0.913 bits per heavy atom. The quantitative estimate of drug-likeness (QED) is 0.922. The van der Waals surface area contributed by atoms with Gasteiger partial charge in [0.05, 0.1) is 0 Å². The Labute approximate surface area is 137 Å². The van der Waals surface area contributed by atoms with E-state index in [1.54, 1.807) is 0 Å². The van der Waals surface area contributed by atoms with E-state index in [1.165, 1.54) is 12.0 Å². The lowest BCUT2D eigenvalue weighted by Gasteiger charge is -2.26. The molecule has 2 aromatic rings. The second-order valence-electron chi connectivity index (χ2n) is 5.76. The maximum Gasteiger partial charge on any atom is 0.272 e. The minimum absolute atomic E-state index is 0.0428. The largest absolute Gasteiger partial charge is 0.484 e. The van der Waals surface area contributed by atoms with Gasteiger partial charge in [0.1, 0.15) is 5.75 Å². The van der Waals surface area contributed by atoms with Gasteiger partial charge in [0.15, 0.2) is 6.61 Å². The summed E-state index contributed by atoms with van der Waals surface area (Å²) in [5, 5.41) is 1.98. The molecule has 3 rings (SSSR count). The number of amides is 1. The minimum Gasteiger partial charge on any atom is -0.484 e. The van der Waals surface area contributed by atoms with Crippen molar-refractivity contribution in [1.82, 2.24) is 10.4 Å². The third kappa shape index (κ3) is 4.57. The predicted octanol–water partition coefficient (Wildman–Crippen LogP) is 3.25. The fourth-order valence-corrected chi connectivity index (χ4v) is 2.74. The molecule has 0 unspecified atom stereocenters. The van der Waals surface area contributed by atoms with E-state index in [4.69, 9.17) is 4.74 Å². The van der Waals surface area contributed by atoms with Crippen molar-refractivity contribution in [3.63, 3.8) is 0 Å². The van der Waals surface area contributed by atoms with Gasteiger partial charge in [0.2, 0.25) is 0 Å². The smallest absolute Gasteiger partial charge is 0.272 e. The summed E-state index contributed by atoms with van der Waals surface area (Å²) < 4.78 is 5.56. The van der Waals surface area contributed by atoms with Crippen molar-refractivity contribution >= 4 is 5.91 Å². The third-order valence-corrected chi connectivity index (χ3v) is 3.97. The Balaban J connectivity index is 1.49. The first kappa shape index (κ1) is 15.6. The van der Waals surface area contributed by atoms with Gasteiger partial charge in [-0.25, -0.2) is 5.01 Å². The van der Waals surface area contributed by atoms with Crippen molar-refractivity contribution in [3.8, 4) is 16.9 Å². The number of rotatable bonds is 5. The number of carbonyl (C=O) groups is 1. The van der Waals surface area contributed by atoms with E-state index in [-0.39, 0.29) is 12.5 Å². The van der Waals surface area contributed by atoms with Crippen LogP contribution >= 0.6 is 0 Å². The van der Waals surface area contributed by atoms with Crippen LogP contribution in [0.3, 0.4) is 0 Å². The summed E-state index contributed by atoms with van der Waals surface area (Å²) in [6.45, 7) is 1.90. The molecule has 1 aliphatic heterocycles. The van der Waals surface area contributed by atoms with Gasteiger partial charge in [-0.2, -0.15) is 0 Å². The number of carbonyl (C=O) groups excluding carboxylic acids is 1. The molecule has 1 amide bonds. The first-order chi connectivity index (χ1) is 11.3. The number of hydrazine groups is 1. The van der Waals surface area contributed by atoms with Crippen LogP contribution in [-0.4, -0.2) is 30.6 Å². The van der Waals surface area contributed by atoms with Crippen LogP contribution in [-0.2, 0) is 4.79 Å². The van der Waals surface area contributed by atoms with Crippen LogP contribution in [0.5, 0.6) is 5.75 Å². The molecule has 120 valence electrons. The van der Waals surface area contributed by atoms with Crippen molar-refractivity contribution in [2.75, 3.05) is 19.7 Å². The fraction of sp³-hybridized carbons (Fsp3) is 0.316. The summed E-state index contributed by atoms with van der Waals surface area (Å²) in [4.78, 5) is 11.9. The van der Waals surface area contributed by atoms with Gasteiger partial charge in [-0.05, 0) is 36.1 Å². The molecule has 0 atom stereocenters. The molecule has 4 nitrogen and oxygen atoms in total. The number of nitrogens with one attached hydrogen (secondary N) is 1. The molecule has 1 heterocycles. The molecule has 1 saturated heterocycles. The average molecular weight is 310 g/mol. The molecule has 4 heteroatoms. The summed E-state index contributed by atoms with van der Waals surface area (Å²) in [6.07, 6.45) is 3.53. The van der Waals surface area contributed by atoms with Crippen molar-refractivity contribution in [1.29, 1.82) is 0 Å². The van der Waals surface area contributed by atoms with E-state index in [2.05, 4.69) is 17.6 Å². The molecular weight excluding hydrogens is 288 g/mol. The van der Waals surface area contributed by atoms with Crippen molar-refractivity contribution in [3.05, 3.63) is 54.6 Å². The van der Waals surface area contributed by atoms with E-state index in [1.807, 2.05) is 47.5 Å². The number of nitrogens with zero attached hydrogens (tertiary/aromatic N) is 1. The zero-order valence-corrected chi connectivity index (χ0v) is 13.2. The molecule has 0 radical (unpaired) electrons. The zero-order chi connectivity index (χ0) is 15.9. The van der Waals surface area contributed by atoms with Gasteiger partial charge in [0.25, 0.3) is 5.91 Å². The van der Waals surface area contributed by atoms with Crippen LogP contribution in [0.25, 0.3) is 11.1 Å². The van der Waals surface area contributed by atoms with Gasteiger partial charge in [-0.15, -0.1) is 0 Å². The third-order valence-electron chi connectivity index (χ3n) is 3.97. The van der Waals surface area contributed by atoms with Crippen molar-refractivity contribution < 1.29 is 9.53 Å². The van der Waals surface area contributed by atoms with Gasteiger partial charge >= 0.3 is 0 Å². The highest BCUT2D eigenvalue weighted by Gasteiger charge is 2.12. The Morgan fingerprint density at radius 2 is 1.57 bits per heavy atom. The van der Waals surface area contributed by atoms with Crippen molar-refractivity contribution in [2.45, 2.75) is 19.3 Å². The van der Waals surface area contributed by atoms with E-state index in [0.717, 1.165) is 31.5 Å². The molecule has 1 aliphatic rings. The van der Waals surface area contributed by atoms with Gasteiger partial charge < -0.3 is 4.74 Å². The molecule has 0 saturated carbocycles. The lowest BCUT2D eigenvalue weighted by molar-refractivity contribution is -0.128. The molecule has 0 bridgehead atoms. The van der Waals surface area contributed by atoms with Crippen LogP contribution in [0, 0.1) is 0 Å². The maximum absolute atomic E-state index is 11.9. The number of piperidine rings is 1. The normalized spacial score (nSPS) is 15.1. The molecule has 1 fully saturated rings. The fourth-order valence-electron chi connectivity index (χ4n) is 2.74. The molecule has 2 aromatic carbocycles. The number of ether oxygens (including phenoxy) is 1. The van der Waals surface area contributed by atoms with Gasteiger partial charge in [-0.1, -0.05) is 48.9 Å². The van der Waals surface area contributed by atoms with Gasteiger partial charge in [0, 0.05) is 13.1 Å². The Kier molecular flexibility index (Phi) is 5.27. The van der Waals surface area contributed by atoms with Crippen LogP contribution in [0.2, 0.25) is 0 Å². The highest BCUT2D eigenvalue weighted by atomic mass is 16.5. The number of hydrogen-bond acceptors (Lipinski definition) is 3. The van der Waals surface area contributed by atoms with E-state index >= 15 is 0 Å². The second-order valence-corrected chi connectivity index (χ2v) is 5.76. The van der Waals surface area contributed by atoms with Crippen LogP contribution in [0.1, 0.15) is 19.3 Å². The summed E-state index contributed by atoms with van der Waals surface area (Å²) in [5.41, 5.74) is 5.20. The SMILES string of the molecule is O=C(COc1ccc(-c2ccccc2)cc1)NN1CCCCC1. The highest BCUT2D eigenvalue weighted by molar-refractivity contribution is 5.77. The van der Waals surface area contributed by atoms with Gasteiger partial charge in [-0.3, -0.25) is 10.2 Å². The van der Waals surface area contributed by atoms with E-state index in [9.17, 15) is 4.79 Å². The average Bonchev–Trinajstić information content (AvgIpc) is 2.62. The summed E-state index contributed by atoms with van der Waals surface area (Å²) >= 11 is 0. The Hall–Kier alpha value is -2.33. The standard InChI is InChI=1S/C19H22N2O2/c22-19(20-21-13-5-2-6-14-21)15-23-18-11-9-17(10-12-18)16-7-3-1-4-8-16/h1,3-4,7-12H,2,5-6,13-15H2,(H,20,22). The second kappa shape index (κ2) is 7.79. The molecule has 1 N–H and O–H groups in total.